The van der Waals surface area contributed by atoms with Gasteiger partial charge in [-0.3, -0.25) is 9.59 Å². The van der Waals surface area contributed by atoms with Gasteiger partial charge in [-0.15, -0.1) is 0 Å². The Kier molecular flexibility index (Phi) is 6.07. The zero-order valence-corrected chi connectivity index (χ0v) is 15.7. The maximum Gasteiger partial charge on any atom is 0.223 e. The summed E-state index contributed by atoms with van der Waals surface area (Å²) in [6, 6.07) is 16.9. The van der Waals surface area contributed by atoms with Crippen molar-refractivity contribution < 1.29 is 9.59 Å². The van der Waals surface area contributed by atoms with Crippen molar-refractivity contribution in [3.05, 3.63) is 70.7 Å². The summed E-state index contributed by atoms with van der Waals surface area (Å²) in [4.78, 5) is 29.3. The number of Topliss-reactive ketones (excluding diaryl/α,β-unsaturated/α-hetero) is 1. The minimum Gasteiger partial charge on any atom is -0.333 e. The number of piperazine rings is 1. The van der Waals surface area contributed by atoms with Crippen LogP contribution in [0.15, 0.2) is 54.6 Å². The number of amides is 1. The summed E-state index contributed by atoms with van der Waals surface area (Å²) in [5, 5.41) is 0.598. The van der Waals surface area contributed by atoms with Gasteiger partial charge in [0, 0.05) is 43.1 Å². The van der Waals surface area contributed by atoms with Gasteiger partial charge in [0.05, 0.1) is 6.04 Å². The summed E-state index contributed by atoms with van der Waals surface area (Å²) in [5.74, 6) is 0.00896. The van der Waals surface area contributed by atoms with Crippen LogP contribution in [0.5, 0.6) is 0 Å². The average molecular weight is 371 g/mol. The van der Waals surface area contributed by atoms with E-state index in [2.05, 4.69) is 24.1 Å². The largest absolute Gasteiger partial charge is 0.333 e. The molecule has 1 amide bonds. The van der Waals surface area contributed by atoms with Crippen molar-refractivity contribution in [3.63, 3.8) is 0 Å². The predicted octanol–water partition coefficient (Wildman–Crippen LogP) is 3.82. The normalized spacial score (nSPS) is 17.9. The van der Waals surface area contributed by atoms with Crippen molar-refractivity contribution in [1.82, 2.24) is 9.80 Å². The van der Waals surface area contributed by atoms with E-state index in [-0.39, 0.29) is 30.6 Å². The first-order valence-electron chi connectivity index (χ1n) is 8.86. The Morgan fingerprint density at radius 1 is 1.00 bits per heavy atom. The van der Waals surface area contributed by atoms with Gasteiger partial charge in [0.15, 0.2) is 5.78 Å². The number of benzene rings is 2. The van der Waals surface area contributed by atoms with Crippen LogP contribution >= 0.6 is 11.6 Å². The van der Waals surface area contributed by atoms with Crippen LogP contribution in [-0.2, 0) is 4.79 Å². The molecule has 0 N–H and O–H groups in total. The second-order valence-electron chi connectivity index (χ2n) is 6.71. The SMILES string of the molecule is CN1CCN(C(=O)CCC(=O)c2ccc(Cl)cc2)C(c2ccccc2)C1. The van der Waals surface area contributed by atoms with Gasteiger partial charge in [0.1, 0.15) is 0 Å². The summed E-state index contributed by atoms with van der Waals surface area (Å²) in [7, 11) is 2.07. The molecular weight excluding hydrogens is 348 g/mol. The monoisotopic (exact) mass is 370 g/mol. The van der Waals surface area contributed by atoms with Crippen LogP contribution in [0.3, 0.4) is 0 Å². The topological polar surface area (TPSA) is 40.6 Å². The molecule has 0 bridgehead atoms. The van der Waals surface area contributed by atoms with Gasteiger partial charge in [-0.1, -0.05) is 41.9 Å². The van der Waals surface area contributed by atoms with Crippen LogP contribution in [0.2, 0.25) is 5.02 Å². The van der Waals surface area contributed by atoms with Crippen LogP contribution in [0, 0.1) is 0 Å². The average Bonchev–Trinajstić information content (AvgIpc) is 2.67. The fourth-order valence-electron chi connectivity index (χ4n) is 3.32. The third kappa shape index (κ3) is 4.51. The Hall–Kier alpha value is -2.17. The summed E-state index contributed by atoms with van der Waals surface area (Å²) in [6.07, 6.45) is 0.447. The van der Waals surface area contributed by atoms with Crippen molar-refractivity contribution in [3.8, 4) is 0 Å². The van der Waals surface area contributed by atoms with Crippen molar-refractivity contribution >= 4 is 23.3 Å². The van der Waals surface area contributed by atoms with Crippen LogP contribution in [0.1, 0.15) is 34.8 Å². The fourth-order valence-corrected chi connectivity index (χ4v) is 3.45. The highest BCUT2D eigenvalue weighted by molar-refractivity contribution is 6.30. The number of carbonyl (C=O) groups is 2. The van der Waals surface area contributed by atoms with E-state index < -0.39 is 0 Å². The molecule has 0 spiro atoms. The number of rotatable bonds is 5. The predicted molar refractivity (Wildman–Crippen MR) is 103 cm³/mol. The van der Waals surface area contributed by atoms with Crippen molar-refractivity contribution in [2.75, 3.05) is 26.7 Å². The van der Waals surface area contributed by atoms with E-state index in [1.54, 1.807) is 24.3 Å². The van der Waals surface area contributed by atoms with Crippen molar-refractivity contribution in [2.45, 2.75) is 18.9 Å². The van der Waals surface area contributed by atoms with Crippen LogP contribution in [0.25, 0.3) is 0 Å². The fraction of sp³-hybridized carbons (Fsp3) is 0.333. The number of likely N-dealkylation sites (N-methyl/N-ethyl adjacent to an activating group) is 1. The van der Waals surface area contributed by atoms with Crippen LogP contribution < -0.4 is 0 Å². The molecule has 4 nitrogen and oxygen atoms in total. The van der Waals surface area contributed by atoms with Crippen LogP contribution in [-0.4, -0.2) is 48.2 Å². The van der Waals surface area contributed by atoms with E-state index in [9.17, 15) is 9.59 Å². The lowest BCUT2D eigenvalue weighted by atomic mass is 10.0. The minimum atomic E-state index is -0.0274. The lowest BCUT2D eigenvalue weighted by molar-refractivity contribution is -0.136. The second kappa shape index (κ2) is 8.47. The molecule has 1 unspecified atom stereocenters. The summed E-state index contributed by atoms with van der Waals surface area (Å²) < 4.78 is 0. The minimum absolute atomic E-state index is 0.0274. The third-order valence-corrected chi connectivity index (χ3v) is 5.07. The molecule has 2 aromatic carbocycles. The molecule has 5 heteroatoms. The van der Waals surface area contributed by atoms with Gasteiger partial charge < -0.3 is 9.80 Å². The van der Waals surface area contributed by atoms with E-state index in [4.69, 9.17) is 11.6 Å². The Morgan fingerprint density at radius 2 is 1.69 bits per heavy atom. The summed E-state index contributed by atoms with van der Waals surface area (Å²) in [6.45, 7) is 2.34. The van der Waals surface area contributed by atoms with Gasteiger partial charge >= 0.3 is 0 Å². The van der Waals surface area contributed by atoms with Gasteiger partial charge in [0.25, 0.3) is 0 Å². The number of hydrogen-bond acceptors (Lipinski definition) is 3. The highest BCUT2D eigenvalue weighted by Crippen LogP contribution is 2.26. The molecule has 0 saturated carbocycles. The van der Waals surface area contributed by atoms with E-state index in [1.165, 1.54) is 0 Å². The molecule has 0 radical (unpaired) electrons. The Labute approximate surface area is 159 Å². The van der Waals surface area contributed by atoms with Crippen LogP contribution in [0.4, 0.5) is 0 Å². The smallest absolute Gasteiger partial charge is 0.223 e. The van der Waals surface area contributed by atoms with E-state index in [1.807, 2.05) is 23.1 Å². The Balaban J connectivity index is 1.65. The number of halogens is 1. The number of nitrogens with zero attached hydrogens (tertiary/aromatic N) is 2. The Morgan fingerprint density at radius 3 is 2.38 bits per heavy atom. The van der Waals surface area contributed by atoms with E-state index in [0.29, 0.717) is 17.1 Å². The van der Waals surface area contributed by atoms with Gasteiger partial charge in [-0.05, 0) is 36.9 Å². The first-order chi connectivity index (χ1) is 12.5. The zero-order valence-electron chi connectivity index (χ0n) is 14.9. The Bertz CT molecular complexity index is 761. The third-order valence-electron chi connectivity index (χ3n) is 4.82. The molecule has 3 rings (SSSR count). The molecule has 1 aliphatic heterocycles. The first-order valence-corrected chi connectivity index (χ1v) is 9.24. The van der Waals surface area contributed by atoms with E-state index in [0.717, 1.165) is 18.7 Å². The van der Waals surface area contributed by atoms with Gasteiger partial charge in [-0.25, -0.2) is 0 Å². The maximum atomic E-state index is 12.8. The molecule has 136 valence electrons. The molecule has 1 fully saturated rings. The number of ketones is 1. The highest BCUT2D eigenvalue weighted by Gasteiger charge is 2.30. The first kappa shape index (κ1) is 18.6. The molecule has 1 saturated heterocycles. The molecule has 2 aromatic rings. The zero-order chi connectivity index (χ0) is 18.5. The molecule has 26 heavy (non-hydrogen) atoms. The molecular formula is C21H23ClN2O2. The lowest BCUT2D eigenvalue weighted by Gasteiger charge is -2.40. The molecule has 0 aliphatic carbocycles. The molecule has 1 heterocycles. The number of hydrogen-bond donors (Lipinski definition) is 0. The summed E-state index contributed by atoms with van der Waals surface area (Å²) >= 11 is 5.86. The molecule has 1 atom stereocenters. The maximum absolute atomic E-state index is 12.8. The molecule has 1 aliphatic rings. The summed E-state index contributed by atoms with van der Waals surface area (Å²) in [5.41, 5.74) is 1.73. The van der Waals surface area contributed by atoms with E-state index >= 15 is 0 Å². The van der Waals surface area contributed by atoms with Gasteiger partial charge in [-0.2, -0.15) is 0 Å². The van der Waals surface area contributed by atoms with Crippen molar-refractivity contribution in [1.29, 1.82) is 0 Å². The second-order valence-corrected chi connectivity index (χ2v) is 7.14. The quantitative estimate of drug-likeness (QED) is 0.751. The number of carbonyl (C=O) groups excluding carboxylic acids is 2. The van der Waals surface area contributed by atoms with Crippen molar-refractivity contribution in [2.24, 2.45) is 0 Å². The van der Waals surface area contributed by atoms with Gasteiger partial charge in [0.2, 0.25) is 5.91 Å². The molecule has 0 aromatic heterocycles. The standard InChI is InChI=1S/C21H23ClN2O2/c1-23-13-14-24(19(15-23)16-5-3-2-4-6-16)21(26)12-11-20(25)17-7-9-18(22)10-8-17/h2-10,19H,11-15H2,1H3. The highest BCUT2D eigenvalue weighted by atomic mass is 35.5. The lowest BCUT2D eigenvalue weighted by Crippen LogP contribution is -2.49.